The van der Waals surface area contributed by atoms with Crippen LogP contribution < -0.4 is 10.6 Å². The molecule has 0 aromatic carbocycles. The number of hydrogen-bond acceptors (Lipinski definition) is 4. The van der Waals surface area contributed by atoms with Crippen LogP contribution in [0.1, 0.15) is 34.1 Å². The molecule has 1 atom stereocenters. The van der Waals surface area contributed by atoms with Gasteiger partial charge in [0.1, 0.15) is 6.04 Å². The Morgan fingerprint density at radius 2 is 1.88 bits per heavy atom. The molecule has 0 fully saturated rings. The van der Waals surface area contributed by atoms with E-state index in [2.05, 4.69) is 15.4 Å². The van der Waals surface area contributed by atoms with E-state index in [0.717, 1.165) is 0 Å². The molecule has 0 aromatic heterocycles. The van der Waals surface area contributed by atoms with Gasteiger partial charge in [0.2, 0.25) is 5.91 Å². The largest absolute Gasteiger partial charge is 0.468 e. The van der Waals surface area contributed by atoms with E-state index in [1.807, 2.05) is 20.8 Å². The molecule has 0 spiro atoms. The first-order valence-corrected chi connectivity index (χ1v) is 5.38. The van der Waals surface area contributed by atoms with Gasteiger partial charge in [0, 0.05) is 18.5 Å². The highest BCUT2D eigenvalue weighted by Gasteiger charge is 2.15. The predicted molar refractivity (Wildman–Crippen MR) is 62.0 cm³/mol. The second-order valence-electron chi connectivity index (χ2n) is 4.75. The van der Waals surface area contributed by atoms with E-state index in [9.17, 15) is 9.59 Å². The fraction of sp³-hybridized carbons (Fsp3) is 0.818. The maximum Gasteiger partial charge on any atom is 0.322 e. The molecule has 0 aliphatic heterocycles. The van der Waals surface area contributed by atoms with Crippen LogP contribution in [0.4, 0.5) is 0 Å². The summed E-state index contributed by atoms with van der Waals surface area (Å²) >= 11 is 0. The number of methoxy groups -OCH3 is 1. The molecule has 0 bridgehead atoms. The highest BCUT2D eigenvalue weighted by atomic mass is 16.5. The van der Waals surface area contributed by atoms with E-state index >= 15 is 0 Å². The monoisotopic (exact) mass is 230 g/mol. The standard InChI is InChI=1S/C11H22N2O3/c1-8(10(15)16-5)12-7-6-9(14)13-11(2,3)4/h8,12H,6-7H2,1-5H3,(H,13,14). The fourth-order valence-electron chi connectivity index (χ4n) is 1.14. The Balaban J connectivity index is 3.74. The van der Waals surface area contributed by atoms with Crippen LogP contribution in [0.5, 0.6) is 0 Å². The number of hydrogen-bond donors (Lipinski definition) is 2. The minimum Gasteiger partial charge on any atom is -0.468 e. The van der Waals surface area contributed by atoms with E-state index in [0.29, 0.717) is 13.0 Å². The van der Waals surface area contributed by atoms with Crippen molar-refractivity contribution in [3.63, 3.8) is 0 Å². The first-order valence-electron chi connectivity index (χ1n) is 5.38. The lowest BCUT2D eigenvalue weighted by Crippen LogP contribution is -2.43. The van der Waals surface area contributed by atoms with Gasteiger partial charge >= 0.3 is 5.97 Å². The van der Waals surface area contributed by atoms with Crippen molar-refractivity contribution in [2.24, 2.45) is 0 Å². The summed E-state index contributed by atoms with van der Waals surface area (Å²) in [5, 5.41) is 5.76. The summed E-state index contributed by atoms with van der Waals surface area (Å²) < 4.78 is 4.55. The molecule has 0 aliphatic rings. The Morgan fingerprint density at radius 1 is 1.31 bits per heavy atom. The second-order valence-corrected chi connectivity index (χ2v) is 4.75. The van der Waals surface area contributed by atoms with Crippen molar-refractivity contribution < 1.29 is 14.3 Å². The van der Waals surface area contributed by atoms with Gasteiger partial charge in [-0.05, 0) is 27.7 Å². The Morgan fingerprint density at radius 3 is 2.31 bits per heavy atom. The first kappa shape index (κ1) is 14.9. The van der Waals surface area contributed by atoms with Gasteiger partial charge in [-0.2, -0.15) is 0 Å². The van der Waals surface area contributed by atoms with Gasteiger partial charge in [0.05, 0.1) is 7.11 Å². The average Bonchev–Trinajstić information content (AvgIpc) is 2.13. The predicted octanol–water partition coefficient (Wildman–Crippen LogP) is 0.442. The van der Waals surface area contributed by atoms with Crippen molar-refractivity contribution >= 4 is 11.9 Å². The molecular formula is C11H22N2O3. The van der Waals surface area contributed by atoms with E-state index in [4.69, 9.17) is 0 Å². The topological polar surface area (TPSA) is 67.4 Å². The van der Waals surface area contributed by atoms with Crippen molar-refractivity contribution in [3.8, 4) is 0 Å². The zero-order valence-electron chi connectivity index (χ0n) is 10.7. The Hall–Kier alpha value is -1.10. The molecule has 16 heavy (non-hydrogen) atoms. The van der Waals surface area contributed by atoms with E-state index in [1.54, 1.807) is 6.92 Å². The number of rotatable bonds is 5. The highest BCUT2D eigenvalue weighted by Crippen LogP contribution is 1.98. The van der Waals surface area contributed by atoms with Crippen molar-refractivity contribution in [3.05, 3.63) is 0 Å². The van der Waals surface area contributed by atoms with Crippen LogP contribution in [0.25, 0.3) is 0 Å². The van der Waals surface area contributed by atoms with Crippen LogP contribution in [0.2, 0.25) is 0 Å². The van der Waals surface area contributed by atoms with Gasteiger partial charge in [0.15, 0.2) is 0 Å². The number of nitrogens with one attached hydrogen (secondary N) is 2. The number of amides is 1. The van der Waals surface area contributed by atoms with Crippen molar-refractivity contribution in [2.75, 3.05) is 13.7 Å². The molecule has 0 aromatic rings. The maximum atomic E-state index is 11.4. The fourth-order valence-corrected chi connectivity index (χ4v) is 1.14. The molecule has 94 valence electrons. The zero-order valence-corrected chi connectivity index (χ0v) is 10.7. The van der Waals surface area contributed by atoms with Crippen LogP contribution in [0.15, 0.2) is 0 Å². The van der Waals surface area contributed by atoms with Crippen molar-refractivity contribution in [1.82, 2.24) is 10.6 Å². The smallest absolute Gasteiger partial charge is 0.322 e. The quantitative estimate of drug-likeness (QED) is 0.673. The van der Waals surface area contributed by atoms with Gasteiger partial charge in [-0.25, -0.2) is 0 Å². The van der Waals surface area contributed by atoms with E-state index in [1.165, 1.54) is 7.11 Å². The minimum atomic E-state index is -0.382. The Labute approximate surface area is 96.9 Å². The van der Waals surface area contributed by atoms with Gasteiger partial charge in [-0.1, -0.05) is 0 Å². The van der Waals surface area contributed by atoms with Gasteiger partial charge in [0.25, 0.3) is 0 Å². The summed E-state index contributed by atoms with van der Waals surface area (Å²) in [6, 6.07) is -0.382. The lowest BCUT2D eigenvalue weighted by molar-refractivity contribution is -0.142. The van der Waals surface area contributed by atoms with E-state index < -0.39 is 0 Å². The minimum absolute atomic E-state index is 0.0305. The molecule has 0 saturated heterocycles. The molecule has 0 saturated carbocycles. The van der Waals surface area contributed by atoms with Crippen LogP contribution in [0, 0.1) is 0 Å². The molecule has 0 radical (unpaired) electrons. The van der Waals surface area contributed by atoms with Crippen LogP contribution in [-0.2, 0) is 14.3 Å². The molecule has 5 heteroatoms. The molecular weight excluding hydrogens is 208 g/mol. The molecule has 0 aliphatic carbocycles. The number of carbonyl (C=O) groups excluding carboxylic acids is 2. The van der Waals surface area contributed by atoms with Crippen LogP contribution in [-0.4, -0.2) is 37.1 Å². The number of ether oxygens (including phenoxy) is 1. The van der Waals surface area contributed by atoms with Crippen LogP contribution >= 0.6 is 0 Å². The zero-order chi connectivity index (χ0) is 12.8. The summed E-state index contributed by atoms with van der Waals surface area (Å²) in [5.41, 5.74) is -0.217. The summed E-state index contributed by atoms with van der Waals surface area (Å²) in [7, 11) is 1.34. The Bertz CT molecular complexity index is 246. The molecule has 5 nitrogen and oxygen atoms in total. The number of esters is 1. The summed E-state index contributed by atoms with van der Waals surface area (Å²) in [4.78, 5) is 22.4. The summed E-state index contributed by atoms with van der Waals surface area (Å²) in [6.45, 7) is 7.94. The molecule has 1 amide bonds. The average molecular weight is 230 g/mol. The molecule has 2 N–H and O–H groups in total. The van der Waals surface area contributed by atoms with E-state index in [-0.39, 0.29) is 23.5 Å². The normalized spacial score (nSPS) is 13.1. The lowest BCUT2D eigenvalue weighted by Gasteiger charge is -2.20. The maximum absolute atomic E-state index is 11.4. The molecule has 1 unspecified atom stereocenters. The van der Waals surface area contributed by atoms with Crippen molar-refractivity contribution in [1.29, 1.82) is 0 Å². The van der Waals surface area contributed by atoms with Crippen molar-refractivity contribution in [2.45, 2.75) is 45.7 Å². The van der Waals surface area contributed by atoms with Gasteiger partial charge in [-0.15, -0.1) is 0 Å². The Kier molecular flexibility index (Phi) is 6.03. The third-order valence-electron chi connectivity index (χ3n) is 1.87. The lowest BCUT2D eigenvalue weighted by atomic mass is 10.1. The summed E-state index contributed by atoms with van der Waals surface area (Å²) in [5.74, 6) is -0.353. The third-order valence-corrected chi connectivity index (χ3v) is 1.87. The highest BCUT2D eigenvalue weighted by molar-refractivity contribution is 5.77. The molecule has 0 heterocycles. The number of carbonyl (C=O) groups is 2. The SMILES string of the molecule is COC(=O)C(C)NCCC(=O)NC(C)(C)C. The van der Waals surface area contributed by atoms with Crippen LogP contribution in [0.3, 0.4) is 0 Å². The van der Waals surface area contributed by atoms with Gasteiger partial charge in [-0.3, -0.25) is 9.59 Å². The molecule has 0 rings (SSSR count). The third kappa shape index (κ3) is 7.23. The first-order chi connectivity index (χ1) is 7.26. The van der Waals surface area contributed by atoms with Gasteiger partial charge < -0.3 is 15.4 Å². The summed E-state index contributed by atoms with van der Waals surface area (Å²) in [6.07, 6.45) is 0.346. The second kappa shape index (κ2) is 6.48.